The molecule has 176 valence electrons. The van der Waals surface area contributed by atoms with Crippen molar-refractivity contribution < 1.29 is 24.5 Å². The number of hydrogen-bond donors (Lipinski definition) is 3. The van der Waals surface area contributed by atoms with Crippen molar-refractivity contribution in [2.75, 3.05) is 0 Å². The predicted octanol–water partition coefficient (Wildman–Crippen LogP) is 3.51. The summed E-state index contributed by atoms with van der Waals surface area (Å²) in [5, 5.41) is 20.3. The molecule has 0 bridgehead atoms. The van der Waals surface area contributed by atoms with Crippen molar-refractivity contribution >= 4 is 11.9 Å². The summed E-state index contributed by atoms with van der Waals surface area (Å²) in [7, 11) is 0. The van der Waals surface area contributed by atoms with E-state index >= 15 is 0 Å². The van der Waals surface area contributed by atoms with E-state index in [4.69, 9.17) is 10.5 Å². The SMILES string of the molecule is CCC(C)(C)C(=O)OC1CC(C)C=C2C=CC(C)C(CCC(O)CC(O)CC(N)=O)C21. The second-order valence-electron chi connectivity index (χ2n) is 10.3. The van der Waals surface area contributed by atoms with Gasteiger partial charge in [-0.25, -0.2) is 0 Å². The van der Waals surface area contributed by atoms with Crippen LogP contribution < -0.4 is 5.73 Å². The van der Waals surface area contributed by atoms with Crippen molar-refractivity contribution in [3.05, 3.63) is 23.8 Å². The molecule has 31 heavy (non-hydrogen) atoms. The predicted molar refractivity (Wildman–Crippen MR) is 121 cm³/mol. The van der Waals surface area contributed by atoms with E-state index in [0.29, 0.717) is 18.3 Å². The monoisotopic (exact) mass is 435 g/mol. The molecule has 0 saturated carbocycles. The zero-order chi connectivity index (χ0) is 23.3. The molecule has 7 unspecified atom stereocenters. The fourth-order valence-electron chi connectivity index (χ4n) is 4.80. The largest absolute Gasteiger partial charge is 0.461 e. The molecule has 0 fully saturated rings. The number of rotatable bonds is 10. The maximum absolute atomic E-state index is 12.8. The van der Waals surface area contributed by atoms with Crippen LogP contribution in [-0.4, -0.2) is 40.4 Å². The second kappa shape index (κ2) is 10.8. The number of primary amides is 1. The molecule has 0 aromatic carbocycles. The van der Waals surface area contributed by atoms with E-state index in [2.05, 4.69) is 32.1 Å². The summed E-state index contributed by atoms with van der Waals surface area (Å²) in [5.74, 6) is 0.242. The molecule has 6 nitrogen and oxygen atoms in total. The van der Waals surface area contributed by atoms with E-state index in [-0.39, 0.29) is 36.8 Å². The van der Waals surface area contributed by atoms with Crippen molar-refractivity contribution in [3.8, 4) is 0 Å². The Morgan fingerprint density at radius 3 is 2.55 bits per heavy atom. The molecule has 2 aliphatic rings. The average molecular weight is 436 g/mol. The van der Waals surface area contributed by atoms with Crippen LogP contribution >= 0.6 is 0 Å². The topological polar surface area (TPSA) is 110 Å². The Bertz CT molecular complexity index is 698. The Hall–Kier alpha value is -1.66. The molecule has 2 rings (SSSR count). The second-order valence-corrected chi connectivity index (χ2v) is 10.3. The highest BCUT2D eigenvalue weighted by Gasteiger charge is 2.42. The zero-order valence-corrected chi connectivity index (χ0v) is 19.7. The molecule has 0 radical (unpaired) electrons. The molecule has 0 aromatic rings. The van der Waals surface area contributed by atoms with Crippen molar-refractivity contribution in [2.45, 2.75) is 91.5 Å². The van der Waals surface area contributed by atoms with E-state index in [1.807, 2.05) is 20.8 Å². The Morgan fingerprint density at radius 1 is 1.26 bits per heavy atom. The number of amides is 1. The summed E-state index contributed by atoms with van der Waals surface area (Å²) in [6.07, 6.45) is 7.62. The highest BCUT2D eigenvalue weighted by Crippen LogP contribution is 2.45. The smallest absolute Gasteiger partial charge is 0.311 e. The van der Waals surface area contributed by atoms with Gasteiger partial charge in [0.25, 0.3) is 0 Å². The van der Waals surface area contributed by atoms with Gasteiger partial charge in [-0.1, -0.05) is 39.0 Å². The van der Waals surface area contributed by atoms with E-state index in [0.717, 1.165) is 19.3 Å². The Balaban J connectivity index is 2.12. The fraction of sp³-hybridized carbons (Fsp3) is 0.760. The summed E-state index contributed by atoms with van der Waals surface area (Å²) in [4.78, 5) is 23.8. The van der Waals surface area contributed by atoms with Crippen molar-refractivity contribution in [1.29, 1.82) is 0 Å². The molecule has 0 heterocycles. The highest BCUT2D eigenvalue weighted by atomic mass is 16.5. The van der Waals surface area contributed by atoms with Gasteiger partial charge in [-0.05, 0) is 69.3 Å². The van der Waals surface area contributed by atoms with Gasteiger partial charge in [0.2, 0.25) is 5.91 Å². The molecule has 4 N–H and O–H groups in total. The van der Waals surface area contributed by atoms with Crippen LogP contribution in [0.25, 0.3) is 0 Å². The molecule has 6 heteroatoms. The first-order chi connectivity index (χ1) is 14.4. The minimum absolute atomic E-state index is 0.107. The number of allylic oxidation sites excluding steroid dienone is 3. The van der Waals surface area contributed by atoms with Crippen LogP contribution in [0.15, 0.2) is 23.8 Å². The molecular weight excluding hydrogens is 394 g/mol. The standard InChI is InChI=1S/C25H41NO5/c1-6-25(4,5)24(30)31-21-12-15(2)11-17-8-7-16(3)20(23(17)21)10-9-18(27)13-19(28)14-22(26)29/h7-8,11,15-16,18-21,23,27-28H,6,9-10,12-14H2,1-5H3,(H2,26,29). The van der Waals surface area contributed by atoms with Gasteiger partial charge in [-0.15, -0.1) is 0 Å². The van der Waals surface area contributed by atoms with Crippen LogP contribution in [0.2, 0.25) is 0 Å². The van der Waals surface area contributed by atoms with Gasteiger partial charge in [0.15, 0.2) is 0 Å². The lowest BCUT2D eigenvalue weighted by molar-refractivity contribution is -0.164. The normalized spacial score (nSPS) is 30.2. The first-order valence-corrected chi connectivity index (χ1v) is 11.7. The molecule has 7 atom stereocenters. The summed E-state index contributed by atoms with van der Waals surface area (Å²) in [6.45, 7) is 10.2. The van der Waals surface area contributed by atoms with Crippen molar-refractivity contribution in [2.24, 2.45) is 34.8 Å². The van der Waals surface area contributed by atoms with Gasteiger partial charge in [0, 0.05) is 5.92 Å². The third-order valence-electron chi connectivity index (χ3n) is 7.10. The molecule has 1 amide bonds. The lowest BCUT2D eigenvalue weighted by Gasteiger charge is -2.44. The van der Waals surface area contributed by atoms with Gasteiger partial charge < -0.3 is 20.7 Å². The number of ether oxygens (including phenoxy) is 1. The molecule has 2 aliphatic carbocycles. The summed E-state index contributed by atoms with van der Waals surface area (Å²) in [5.41, 5.74) is 5.83. The molecule has 0 aliphatic heterocycles. The Morgan fingerprint density at radius 2 is 1.94 bits per heavy atom. The van der Waals surface area contributed by atoms with Crippen molar-refractivity contribution in [3.63, 3.8) is 0 Å². The quantitative estimate of drug-likeness (QED) is 0.455. The van der Waals surface area contributed by atoms with E-state index in [1.165, 1.54) is 5.57 Å². The summed E-state index contributed by atoms with van der Waals surface area (Å²) in [6, 6.07) is 0. The van der Waals surface area contributed by atoms with E-state index < -0.39 is 23.5 Å². The van der Waals surface area contributed by atoms with Crippen LogP contribution in [0.1, 0.15) is 73.1 Å². The maximum Gasteiger partial charge on any atom is 0.311 e. The van der Waals surface area contributed by atoms with Gasteiger partial charge in [0.05, 0.1) is 24.0 Å². The first-order valence-electron chi connectivity index (χ1n) is 11.7. The molecule has 0 aromatic heterocycles. The fourth-order valence-corrected chi connectivity index (χ4v) is 4.80. The lowest BCUT2D eigenvalue weighted by Crippen LogP contribution is -2.43. The lowest BCUT2D eigenvalue weighted by atomic mass is 9.65. The van der Waals surface area contributed by atoms with Crippen LogP contribution in [0.4, 0.5) is 0 Å². The first kappa shape index (κ1) is 25.6. The number of carbonyl (C=O) groups is 2. The number of aliphatic hydroxyl groups excluding tert-OH is 2. The number of hydrogen-bond acceptors (Lipinski definition) is 5. The zero-order valence-electron chi connectivity index (χ0n) is 19.7. The van der Waals surface area contributed by atoms with E-state index in [1.54, 1.807) is 0 Å². The number of esters is 1. The number of carbonyl (C=O) groups excluding carboxylic acids is 2. The third kappa shape index (κ3) is 6.91. The Kier molecular flexibility index (Phi) is 8.90. The molecule has 0 spiro atoms. The Labute approximate surface area is 186 Å². The van der Waals surface area contributed by atoms with Gasteiger partial charge in [-0.2, -0.15) is 0 Å². The third-order valence-corrected chi connectivity index (χ3v) is 7.10. The highest BCUT2D eigenvalue weighted by molar-refractivity contribution is 5.76. The average Bonchev–Trinajstić information content (AvgIpc) is 2.66. The van der Waals surface area contributed by atoms with Gasteiger partial charge in [0.1, 0.15) is 6.10 Å². The number of aliphatic hydroxyl groups is 2. The number of nitrogens with two attached hydrogens (primary N) is 1. The van der Waals surface area contributed by atoms with Gasteiger partial charge in [-0.3, -0.25) is 9.59 Å². The molecular formula is C25H41NO5. The minimum atomic E-state index is -0.924. The van der Waals surface area contributed by atoms with Crippen molar-refractivity contribution in [1.82, 2.24) is 0 Å². The van der Waals surface area contributed by atoms with Crippen LogP contribution in [0, 0.1) is 29.1 Å². The van der Waals surface area contributed by atoms with Crippen LogP contribution in [0.3, 0.4) is 0 Å². The number of fused-ring (bicyclic) bond motifs is 1. The maximum atomic E-state index is 12.8. The minimum Gasteiger partial charge on any atom is -0.461 e. The van der Waals surface area contributed by atoms with Gasteiger partial charge >= 0.3 is 5.97 Å². The molecule has 0 saturated heterocycles. The summed E-state index contributed by atoms with van der Waals surface area (Å²) >= 11 is 0. The van der Waals surface area contributed by atoms with Crippen LogP contribution in [0.5, 0.6) is 0 Å². The van der Waals surface area contributed by atoms with Crippen LogP contribution in [-0.2, 0) is 14.3 Å². The van der Waals surface area contributed by atoms with E-state index in [9.17, 15) is 19.8 Å². The summed E-state index contributed by atoms with van der Waals surface area (Å²) < 4.78 is 6.11.